The Kier molecular flexibility index (Phi) is 4.84. The van der Waals surface area contributed by atoms with Crippen LogP contribution in [0.2, 0.25) is 0 Å². The summed E-state index contributed by atoms with van der Waals surface area (Å²) in [5, 5.41) is 9.29. The Labute approximate surface area is 147 Å². The molecule has 1 aromatic carbocycles. The second-order valence-electron chi connectivity index (χ2n) is 7.06. The van der Waals surface area contributed by atoms with Crippen LogP contribution in [0.3, 0.4) is 0 Å². The molecule has 2 fully saturated rings. The Hall–Kier alpha value is -1.92. The van der Waals surface area contributed by atoms with Gasteiger partial charge in [0.2, 0.25) is 0 Å². The van der Waals surface area contributed by atoms with Crippen LogP contribution < -0.4 is 0 Å². The predicted octanol–water partition coefficient (Wildman–Crippen LogP) is 2.61. The number of methoxy groups -OCH3 is 1. The van der Waals surface area contributed by atoms with Gasteiger partial charge in [0.25, 0.3) is 0 Å². The van der Waals surface area contributed by atoms with Gasteiger partial charge in [0.1, 0.15) is 12.2 Å². The number of hydrogen-bond donors (Lipinski definition) is 1. The minimum Gasteiger partial charge on any atom is -0.478 e. The molecule has 2 heterocycles. The second kappa shape index (κ2) is 6.77. The van der Waals surface area contributed by atoms with Crippen LogP contribution in [-0.4, -0.2) is 48.6 Å². The van der Waals surface area contributed by atoms with Crippen LogP contribution in [0.25, 0.3) is 0 Å². The molecule has 6 heteroatoms. The van der Waals surface area contributed by atoms with Gasteiger partial charge in [0.15, 0.2) is 6.10 Å². The highest BCUT2D eigenvalue weighted by Gasteiger charge is 2.56. The number of aromatic carboxylic acids is 1. The fourth-order valence-corrected chi connectivity index (χ4v) is 4.20. The molecule has 0 amide bonds. The number of fused-ring (bicyclic) bond motifs is 2. The van der Waals surface area contributed by atoms with Crippen molar-refractivity contribution < 1.29 is 28.9 Å². The van der Waals surface area contributed by atoms with Crippen molar-refractivity contribution in [3.63, 3.8) is 0 Å². The van der Waals surface area contributed by atoms with Crippen molar-refractivity contribution in [2.45, 2.75) is 45.2 Å². The first-order valence-electron chi connectivity index (χ1n) is 8.58. The third-order valence-corrected chi connectivity index (χ3v) is 5.76. The van der Waals surface area contributed by atoms with Gasteiger partial charge in [0, 0.05) is 13.0 Å². The van der Waals surface area contributed by atoms with Crippen molar-refractivity contribution in [1.82, 2.24) is 0 Å². The Bertz CT molecular complexity index is 670. The molecule has 2 aliphatic heterocycles. The zero-order valence-electron chi connectivity index (χ0n) is 14.8. The molecule has 0 aliphatic carbocycles. The molecular formula is C19H24O6. The van der Waals surface area contributed by atoms with Gasteiger partial charge in [-0.1, -0.05) is 32.9 Å². The van der Waals surface area contributed by atoms with E-state index >= 15 is 0 Å². The molecule has 7 atom stereocenters. The molecule has 2 saturated heterocycles. The number of hydrogen-bond acceptors (Lipinski definition) is 5. The number of rotatable bonds is 4. The summed E-state index contributed by atoms with van der Waals surface area (Å²) in [6, 6.07) is 6.05. The summed E-state index contributed by atoms with van der Waals surface area (Å²) in [7, 11) is 1.60. The molecule has 2 aliphatic rings. The van der Waals surface area contributed by atoms with Crippen LogP contribution >= 0.6 is 0 Å². The lowest BCUT2D eigenvalue weighted by molar-refractivity contribution is -0.183. The summed E-state index contributed by atoms with van der Waals surface area (Å²) in [4.78, 5) is 24.0. The lowest BCUT2D eigenvalue weighted by Gasteiger charge is -2.40. The Morgan fingerprint density at radius 2 is 1.56 bits per heavy atom. The third kappa shape index (κ3) is 2.93. The van der Waals surface area contributed by atoms with Gasteiger partial charge < -0.3 is 19.3 Å². The fraction of sp³-hybridized carbons (Fsp3) is 0.579. The lowest BCUT2D eigenvalue weighted by Crippen LogP contribution is -2.53. The standard InChI is InChI=1S/C19H24O6/c1-9-10(2)16-17(15(23-4)11(3)14(9)24-16)25-19(22)13-8-6-5-7-12(13)18(20)21/h5-11,14-17H,1-4H3,(H,20,21). The number of carbonyl (C=O) groups excluding carboxylic acids is 1. The minimum absolute atomic E-state index is 0.0401. The topological polar surface area (TPSA) is 82.1 Å². The first-order valence-corrected chi connectivity index (χ1v) is 8.58. The highest BCUT2D eigenvalue weighted by molar-refractivity contribution is 6.02. The van der Waals surface area contributed by atoms with Crippen molar-refractivity contribution in [3.8, 4) is 0 Å². The van der Waals surface area contributed by atoms with Gasteiger partial charge in [-0.2, -0.15) is 0 Å². The van der Waals surface area contributed by atoms with Gasteiger partial charge in [0.05, 0.1) is 17.2 Å². The van der Waals surface area contributed by atoms with Crippen LogP contribution in [0.5, 0.6) is 0 Å². The van der Waals surface area contributed by atoms with E-state index in [0.717, 1.165) is 0 Å². The smallest absolute Gasteiger partial charge is 0.339 e. The van der Waals surface area contributed by atoms with E-state index in [1.54, 1.807) is 19.2 Å². The Balaban J connectivity index is 1.88. The normalized spacial score (nSPS) is 36.9. The van der Waals surface area contributed by atoms with Gasteiger partial charge in [-0.3, -0.25) is 0 Å². The number of ether oxygens (including phenoxy) is 3. The first-order chi connectivity index (χ1) is 11.9. The van der Waals surface area contributed by atoms with Gasteiger partial charge in [-0.05, 0) is 24.0 Å². The van der Waals surface area contributed by atoms with Crippen molar-refractivity contribution in [2.24, 2.45) is 17.8 Å². The third-order valence-electron chi connectivity index (χ3n) is 5.76. The maximum atomic E-state index is 12.7. The van der Waals surface area contributed by atoms with Crippen molar-refractivity contribution >= 4 is 11.9 Å². The molecule has 0 spiro atoms. The molecule has 136 valence electrons. The van der Waals surface area contributed by atoms with Crippen molar-refractivity contribution in [3.05, 3.63) is 35.4 Å². The van der Waals surface area contributed by atoms with Gasteiger partial charge in [-0.15, -0.1) is 0 Å². The zero-order chi connectivity index (χ0) is 18.3. The van der Waals surface area contributed by atoms with Gasteiger partial charge >= 0.3 is 11.9 Å². The molecule has 0 aromatic heterocycles. The maximum Gasteiger partial charge on any atom is 0.339 e. The van der Waals surface area contributed by atoms with Gasteiger partial charge in [-0.25, -0.2) is 9.59 Å². The number of carboxylic acids is 1. The van der Waals surface area contributed by atoms with E-state index in [1.165, 1.54) is 12.1 Å². The molecule has 7 unspecified atom stereocenters. The van der Waals surface area contributed by atoms with E-state index in [2.05, 4.69) is 13.8 Å². The predicted molar refractivity (Wildman–Crippen MR) is 89.6 cm³/mol. The van der Waals surface area contributed by atoms with E-state index < -0.39 is 18.0 Å². The monoisotopic (exact) mass is 348 g/mol. The SMILES string of the molecule is COC1C(C)C2OC(C(C)C2C)C1OC(=O)c1ccccc1C(=O)O. The molecule has 1 aromatic rings. The minimum atomic E-state index is -1.16. The molecule has 2 bridgehead atoms. The highest BCUT2D eigenvalue weighted by atomic mass is 16.6. The fourth-order valence-electron chi connectivity index (χ4n) is 4.20. The average molecular weight is 348 g/mol. The number of carbonyl (C=O) groups is 2. The molecule has 1 N–H and O–H groups in total. The summed E-state index contributed by atoms with van der Waals surface area (Å²) in [6.07, 6.45) is -1.02. The summed E-state index contributed by atoms with van der Waals surface area (Å²) >= 11 is 0. The van der Waals surface area contributed by atoms with E-state index in [4.69, 9.17) is 14.2 Å². The average Bonchev–Trinajstić information content (AvgIpc) is 2.86. The molecule has 3 rings (SSSR count). The molecule has 0 radical (unpaired) electrons. The van der Waals surface area contributed by atoms with Crippen molar-refractivity contribution in [1.29, 1.82) is 0 Å². The number of esters is 1. The van der Waals surface area contributed by atoms with Crippen LogP contribution in [0.15, 0.2) is 24.3 Å². The van der Waals surface area contributed by atoms with Crippen LogP contribution in [0.1, 0.15) is 41.5 Å². The van der Waals surface area contributed by atoms with E-state index in [9.17, 15) is 14.7 Å². The molecule has 6 nitrogen and oxygen atoms in total. The lowest BCUT2D eigenvalue weighted by atomic mass is 9.88. The quantitative estimate of drug-likeness (QED) is 0.842. The summed E-state index contributed by atoms with van der Waals surface area (Å²) < 4.78 is 17.5. The van der Waals surface area contributed by atoms with Crippen LogP contribution in [-0.2, 0) is 14.2 Å². The maximum absolute atomic E-state index is 12.7. The molecule has 0 saturated carbocycles. The molecular weight excluding hydrogens is 324 g/mol. The largest absolute Gasteiger partial charge is 0.478 e. The van der Waals surface area contributed by atoms with E-state index in [1.807, 2.05) is 6.92 Å². The Morgan fingerprint density at radius 1 is 0.960 bits per heavy atom. The molecule has 25 heavy (non-hydrogen) atoms. The van der Waals surface area contributed by atoms with E-state index in [0.29, 0.717) is 5.92 Å². The van der Waals surface area contributed by atoms with E-state index in [-0.39, 0.29) is 41.3 Å². The highest BCUT2D eigenvalue weighted by Crippen LogP contribution is 2.46. The number of carboxylic acid groups (broad SMARTS) is 1. The summed E-state index contributed by atoms with van der Waals surface area (Å²) in [5.74, 6) is -1.18. The van der Waals surface area contributed by atoms with Crippen molar-refractivity contribution in [2.75, 3.05) is 7.11 Å². The summed E-state index contributed by atoms with van der Waals surface area (Å²) in [6.45, 7) is 6.27. The first kappa shape index (κ1) is 17.9. The second-order valence-corrected chi connectivity index (χ2v) is 7.06. The number of benzene rings is 1. The van der Waals surface area contributed by atoms with Crippen LogP contribution in [0.4, 0.5) is 0 Å². The Morgan fingerprint density at radius 3 is 2.16 bits per heavy atom. The zero-order valence-corrected chi connectivity index (χ0v) is 14.8. The summed E-state index contributed by atoms with van der Waals surface area (Å²) in [5.41, 5.74) is -0.0321. The van der Waals surface area contributed by atoms with Crippen LogP contribution in [0, 0.1) is 17.8 Å².